The Morgan fingerprint density at radius 3 is 2.80 bits per heavy atom. The van der Waals surface area contributed by atoms with Crippen molar-refractivity contribution in [2.24, 2.45) is 0 Å². The van der Waals surface area contributed by atoms with E-state index in [2.05, 4.69) is 15.9 Å². The molecule has 0 amide bonds. The van der Waals surface area contributed by atoms with E-state index < -0.39 is 10.7 Å². The highest BCUT2D eigenvalue weighted by Crippen LogP contribution is 2.18. The molecule has 80 valence electrons. The SMILES string of the molecule is CC/C(=C/c1ccc(Br)c(F)c1)[N+](=O)[O-]. The summed E-state index contributed by atoms with van der Waals surface area (Å²) in [6.07, 6.45) is 1.68. The lowest BCUT2D eigenvalue weighted by Gasteiger charge is -1.97. The molecule has 0 unspecified atom stereocenters. The molecule has 0 aliphatic rings. The van der Waals surface area contributed by atoms with Gasteiger partial charge in [-0.05, 0) is 33.6 Å². The second-order valence-electron chi connectivity index (χ2n) is 2.92. The summed E-state index contributed by atoms with van der Waals surface area (Å²) >= 11 is 3.01. The number of hydrogen-bond acceptors (Lipinski definition) is 2. The van der Waals surface area contributed by atoms with Crippen LogP contribution in [0.5, 0.6) is 0 Å². The minimum Gasteiger partial charge on any atom is -0.259 e. The van der Waals surface area contributed by atoms with Gasteiger partial charge in [0, 0.05) is 12.5 Å². The predicted octanol–water partition coefficient (Wildman–Crippen LogP) is 3.62. The molecule has 1 aromatic rings. The van der Waals surface area contributed by atoms with Crippen molar-refractivity contribution < 1.29 is 9.31 Å². The zero-order valence-electron chi connectivity index (χ0n) is 8.04. The first-order valence-corrected chi connectivity index (χ1v) is 5.14. The lowest BCUT2D eigenvalue weighted by atomic mass is 10.1. The molecule has 1 aromatic carbocycles. The van der Waals surface area contributed by atoms with Crippen molar-refractivity contribution in [2.45, 2.75) is 13.3 Å². The molecule has 0 bridgehead atoms. The van der Waals surface area contributed by atoms with Crippen LogP contribution in [0.25, 0.3) is 6.08 Å². The van der Waals surface area contributed by atoms with Crippen molar-refractivity contribution in [3.63, 3.8) is 0 Å². The summed E-state index contributed by atoms with van der Waals surface area (Å²) in [4.78, 5) is 10.1. The molecule has 15 heavy (non-hydrogen) atoms. The third-order valence-corrected chi connectivity index (χ3v) is 2.52. The second kappa shape index (κ2) is 5.02. The van der Waals surface area contributed by atoms with Crippen LogP contribution in [-0.2, 0) is 0 Å². The van der Waals surface area contributed by atoms with Gasteiger partial charge in [-0.3, -0.25) is 10.1 Å². The fourth-order valence-electron chi connectivity index (χ4n) is 1.08. The average molecular weight is 274 g/mol. The minimum absolute atomic E-state index is 0.0664. The van der Waals surface area contributed by atoms with Gasteiger partial charge >= 0.3 is 0 Å². The molecule has 0 heterocycles. The Morgan fingerprint density at radius 2 is 2.33 bits per heavy atom. The molecule has 5 heteroatoms. The van der Waals surface area contributed by atoms with Gasteiger partial charge in [-0.1, -0.05) is 13.0 Å². The molecule has 0 fully saturated rings. The van der Waals surface area contributed by atoms with E-state index in [-0.39, 0.29) is 5.70 Å². The van der Waals surface area contributed by atoms with Gasteiger partial charge in [-0.15, -0.1) is 0 Å². The Hall–Kier alpha value is -1.23. The van der Waals surface area contributed by atoms with Crippen LogP contribution >= 0.6 is 15.9 Å². The number of allylic oxidation sites excluding steroid dienone is 1. The van der Waals surface area contributed by atoms with Crippen molar-refractivity contribution >= 4 is 22.0 Å². The fourth-order valence-corrected chi connectivity index (χ4v) is 1.33. The average Bonchev–Trinajstić information content (AvgIpc) is 2.19. The Labute approximate surface area is 94.9 Å². The molecule has 1 rings (SSSR count). The zero-order valence-corrected chi connectivity index (χ0v) is 9.62. The first kappa shape index (κ1) is 11.8. The quantitative estimate of drug-likeness (QED) is 0.624. The Bertz CT molecular complexity index is 418. The van der Waals surface area contributed by atoms with Crippen LogP contribution in [0.3, 0.4) is 0 Å². The topological polar surface area (TPSA) is 43.1 Å². The van der Waals surface area contributed by atoms with E-state index in [0.717, 1.165) is 0 Å². The first-order chi connectivity index (χ1) is 7.04. The summed E-state index contributed by atoms with van der Waals surface area (Å²) in [5, 5.41) is 10.5. The Balaban J connectivity index is 3.07. The number of nitro groups is 1. The lowest BCUT2D eigenvalue weighted by molar-refractivity contribution is -0.425. The summed E-state index contributed by atoms with van der Waals surface area (Å²) < 4.78 is 13.4. The third-order valence-electron chi connectivity index (χ3n) is 1.87. The third kappa shape index (κ3) is 3.13. The monoisotopic (exact) mass is 273 g/mol. The molecule has 0 atom stereocenters. The molecule has 0 aliphatic carbocycles. The zero-order chi connectivity index (χ0) is 11.4. The highest BCUT2D eigenvalue weighted by Gasteiger charge is 2.07. The molecule has 0 N–H and O–H groups in total. The molecule has 0 saturated carbocycles. The Kier molecular flexibility index (Phi) is 3.96. The standard InChI is InChI=1S/C10H9BrFNO2/c1-2-8(13(14)15)5-7-3-4-9(11)10(12)6-7/h3-6H,2H2,1H3/b8-5-. The first-order valence-electron chi connectivity index (χ1n) is 4.34. The fraction of sp³-hybridized carbons (Fsp3) is 0.200. The maximum atomic E-state index is 13.1. The summed E-state index contributed by atoms with van der Waals surface area (Å²) in [5.41, 5.74) is 0.556. The number of rotatable bonds is 3. The van der Waals surface area contributed by atoms with E-state index in [0.29, 0.717) is 16.5 Å². The smallest absolute Gasteiger partial charge is 0.246 e. The minimum atomic E-state index is -0.458. The lowest BCUT2D eigenvalue weighted by Crippen LogP contribution is -1.96. The maximum Gasteiger partial charge on any atom is 0.246 e. The number of nitrogens with zero attached hydrogens (tertiary/aromatic N) is 1. The van der Waals surface area contributed by atoms with Gasteiger partial charge in [0.1, 0.15) is 5.82 Å². The molecular weight excluding hydrogens is 265 g/mol. The van der Waals surface area contributed by atoms with Gasteiger partial charge in [0.25, 0.3) is 0 Å². The molecule has 3 nitrogen and oxygen atoms in total. The normalized spacial score (nSPS) is 11.5. The van der Waals surface area contributed by atoms with E-state index >= 15 is 0 Å². The summed E-state index contributed by atoms with van der Waals surface area (Å²) in [6.45, 7) is 1.68. The highest BCUT2D eigenvalue weighted by molar-refractivity contribution is 9.10. The van der Waals surface area contributed by atoms with Gasteiger partial charge in [0.15, 0.2) is 0 Å². The molecule has 0 saturated heterocycles. The molecule has 0 aliphatic heterocycles. The second-order valence-corrected chi connectivity index (χ2v) is 3.77. The molecule has 0 radical (unpaired) electrons. The predicted molar refractivity (Wildman–Crippen MR) is 59.4 cm³/mol. The van der Waals surface area contributed by atoms with Crippen LogP contribution in [0.2, 0.25) is 0 Å². The number of benzene rings is 1. The molecule has 0 aromatic heterocycles. The number of hydrogen-bond donors (Lipinski definition) is 0. The van der Waals surface area contributed by atoms with Crippen molar-refractivity contribution in [1.29, 1.82) is 0 Å². The van der Waals surface area contributed by atoms with E-state index in [1.807, 2.05) is 0 Å². The summed E-state index contributed by atoms with van der Waals surface area (Å²) in [7, 11) is 0. The highest BCUT2D eigenvalue weighted by atomic mass is 79.9. The van der Waals surface area contributed by atoms with Gasteiger partial charge < -0.3 is 0 Å². The van der Waals surface area contributed by atoms with E-state index in [4.69, 9.17) is 0 Å². The van der Waals surface area contributed by atoms with E-state index in [1.54, 1.807) is 13.0 Å². The van der Waals surface area contributed by atoms with Crippen molar-refractivity contribution in [2.75, 3.05) is 0 Å². The van der Waals surface area contributed by atoms with E-state index in [9.17, 15) is 14.5 Å². The van der Waals surface area contributed by atoms with Crippen LogP contribution in [0.4, 0.5) is 4.39 Å². The van der Waals surface area contributed by atoms with Crippen molar-refractivity contribution in [3.8, 4) is 0 Å². The molecular formula is C10H9BrFNO2. The van der Waals surface area contributed by atoms with Gasteiger partial charge in [-0.25, -0.2) is 4.39 Å². The van der Waals surface area contributed by atoms with Gasteiger partial charge in [0.2, 0.25) is 5.70 Å². The Morgan fingerprint density at radius 1 is 1.67 bits per heavy atom. The van der Waals surface area contributed by atoms with Crippen LogP contribution in [0.15, 0.2) is 28.4 Å². The maximum absolute atomic E-state index is 13.1. The van der Waals surface area contributed by atoms with Crippen LogP contribution in [0.1, 0.15) is 18.9 Å². The van der Waals surface area contributed by atoms with E-state index in [1.165, 1.54) is 18.2 Å². The van der Waals surface area contributed by atoms with Crippen LogP contribution in [0, 0.1) is 15.9 Å². The van der Waals surface area contributed by atoms with Gasteiger partial charge in [0.05, 0.1) is 9.40 Å². The largest absolute Gasteiger partial charge is 0.259 e. The summed E-state index contributed by atoms with van der Waals surface area (Å²) in [6, 6.07) is 4.39. The van der Waals surface area contributed by atoms with Crippen molar-refractivity contribution in [1.82, 2.24) is 0 Å². The van der Waals surface area contributed by atoms with Crippen LogP contribution < -0.4 is 0 Å². The van der Waals surface area contributed by atoms with Crippen LogP contribution in [-0.4, -0.2) is 4.92 Å². The molecule has 0 spiro atoms. The number of halogens is 2. The van der Waals surface area contributed by atoms with Gasteiger partial charge in [-0.2, -0.15) is 0 Å². The summed E-state index contributed by atoms with van der Waals surface area (Å²) in [5.74, 6) is -0.428. The van der Waals surface area contributed by atoms with Crippen molar-refractivity contribution in [3.05, 3.63) is 49.9 Å².